The Morgan fingerprint density at radius 1 is 1.10 bits per heavy atom. The molecule has 1 fully saturated rings. The second-order valence-electron chi connectivity index (χ2n) is 6.52. The van der Waals surface area contributed by atoms with E-state index in [2.05, 4.69) is 5.32 Å². The Morgan fingerprint density at radius 3 is 2.60 bits per heavy atom. The minimum atomic E-state index is -0.596. The van der Waals surface area contributed by atoms with Gasteiger partial charge in [-0.25, -0.2) is 9.18 Å². The highest BCUT2D eigenvalue weighted by atomic mass is 19.1. The zero-order valence-electron chi connectivity index (χ0n) is 15.4. The van der Waals surface area contributed by atoms with E-state index < -0.39 is 22.7 Å². The van der Waals surface area contributed by atoms with E-state index in [1.54, 1.807) is 24.3 Å². The van der Waals surface area contributed by atoms with Crippen LogP contribution in [0.2, 0.25) is 0 Å². The first-order valence-electron chi connectivity index (χ1n) is 8.84. The number of carbonyl (C=O) groups is 2. The molecular weight excluding hydrogens is 393 g/mol. The monoisotopic (exact) mass is 407 g/mol. The van der Waals surface area contributed by atoms with Crippen molar-refractivity contribution >= 4 is 23.7 Å². The number of non-ortho nitro benzene ring substituents is 1. The topological polar surface area (TPSA) is 106 Å². The summed E-state index contributed by atoms with van der Waals surface area (Å²) in [5.74, 6) is -0.277. The Kier molecular flexibility index (Phi) is 4.85. The molecular formula is C21H14FN3O5. The molecule has 150 valence electrons. The third kappa shape index (κ3) is 3.81. The van der Waals surface area contributed by atoms with Crippen molar-refractivity contribution in [3.63, 3.8) is 0 Å². The maximum atomic E-state index is 13.0. The van der Waals surface area contributed by atoms with E-state index in [4.69, 9.17) is 4.42 Å². The van der Waals surface area contributed by atoms with Crippen LogP contribution in [0.5, 0.6) is 0 Å². The van der Waals surface area contributed by atoms with Crippen molar-refractivity contribution in [2.24, 2.45) is 0 Å². The number of hydrogen-bond donors (Lipinski definition) is 1. The number of nitrogens with one attached hydrogen (secondary N) is 1. The standard InChI is InChI=1S/C21H14FN3O5/c22-15-6-4-13(5-7-15)12-24-20(26)18(23-21(24)27)11-17-8-9-19(30-17)14-2-1-3-16(10-14)25(28)29/h1-11H,12H2,(H,23,27)/b18-11+. The molecule has 30 heavy (non-hydrogen) atoms. The summed E-state index contributed by atoms with van der Waals surface area (Å²) in [6.07, 6.45) is 1.38. The summed E-state index contributed by atoms with van der Waals surface area (Å²) in [5.41, 5.74) is 1.07. The van der Waals surface area contributed by atoms with Gasteiger partial charge in [-0.2, -0.15) is 0 Å². The smallest absolute Gasteiger partial charge is 0.329 e. The molecule has 8 nitrogen and oxygen atoms in total. The Hall–Kier alpha value is -4.27. The number of nitro groups is 1. The number of imide groups is 1. The van der Waals surface area contributed by atoms with Crippen molar-refractivity contribution in [1.82, 2.24) is 10.2 Å². The molecule has 1 saturated heterocycles. The number of carbonyl (C=O) groups excluding carboxylic acids is 2. The molecule has 0 atom stereocenters. The molecule has 1 aromatic heterocycles. The summed E-state index contributed by atoms with van der Waals surface area (Å²) in [5, 5.41) is 13.4. The molecule has 0 bridgehead atoms. The van der Waals surface area contributed by atoms with Gasteiger partial charge in [0.2, 0.25) is 0 Å². The first-order valence-corrected chi connectivity index (χ1v) is 8.84. The van der Waals surface area contributed by atoms with E-state index in [0.717, 1.165) is 4.90 Å². The number of rotatable bonds is 5. The number of urea groups is 1. The van der Waals surface area contributed by atoms with Gasteiger partial charge in [-0.1, -0.05) is 24.3 Å². The van der Waals surface area contributed by atoms with Gasteiger partial charge in [0.15, 0.2) is 0 Å². The molecule has 1 aliphatic rings. The quantitative estimate of drug-likeness (QED) is 0.297. The zero-order valence-corrected chi connectivity index (χ0v) is 15.4. The van der Waals surface area contributed by atoms with E-state index in [-0.39, 0.29) is 17.9 Å². The average molecular weight is 407 g/mol. The molecule has 2 heterocycles. The van der Waals surface area contributed by atoms with Gasteiger partial charge in [-0.15, -0.1) is 0 Å². The highest BCUT2D eigenvalue weighted by Crippen LogP contribution is 2.27. The molecule has 0 saturated carbocycles. The number of furan rings is 1. The number of hydrogen-bond acceptors (Lipinski definition) is 5. The lowest BCUT2D eigenvalue weighted by molar-refractivity contribution is -0.384. The molecule has 4 rings (SSSR count). The van der Waals surface area contributed by atoms with Crippen LogP contribution in [0.15, 0.2) is 70.8 Å². The summed E-state index contributed by atoms with van der Waals surface area (Å²) in [6, 6.07) is 14.1. The van der Waals surface area contributed by atoms with Gasteiger partial charge in [0.05, 0.1) is 11.5 Å². The normalized spacial score (nSPS) is 15.0. The number of benzene rings is 2. The predicted molar refractivity (Wildman–Crippen MR) is 104 cm³/mol. The van der Waals surface area contributed by atoms with Crippen LogP contribution in [0.4, 0.5) is 14.9 Å². The second-order valence-corrected chi connectivity index (χ2v) is 6.52. The third-order valence-electron chi connectivity index (χ3n) is 4.47. The number of amides is 3. The molecule has 0 unspecified atom stereocenters. The van der Waals surface area contributed by atoms with Gasteiger partial charge in [0.25, 0.3) is 11.6 Å². The van der Waals surface area contributed by atoms with Crippen LogP contribution in [0.3, 0.4) is 0 Å². The van der Waals surface area contributed by atoms with Crippen LogP contribution in [0.1, 0.15) is 11.3 Å². The molecule has 3 amide bonds. The van der Waals surface area contributed by atoms with E-state index in [1.807, 2.05) is 0 Å². The molecule has 0 radical (unpaired) electrons. The van der Waals surface area contributed by atoms with Gasteiger partial charge in [0.1, 0.15) is 23.0 Å². The van der Waals surface area contributed by atoms with Crippen molar-refractivity contribution < 1.29 is 23.3 Å². The predicted octanol–water partition coefficient (Wildman–Crippen LogP) is 4.09. The van der Waals surface area contributed by atoms with E-state index in [0.29, 0.717) is 22.6 Å². The molecule has 3 aromatic rings. The van der Waals surface area contributed by atoms with Crippen LogP contribution in [0, 0.1) is 15.9 Å². The Morgan fingerprint density at radius 2 is 1.87 bits per heavy atom. The summed E-state index contributed by atoms with van der Waals surface area (Å²) in [6.45, 7) is -0.000621. The molecule has 0 spiro atoms. The van der Waals surface area contributed by atoms with Gasteiger partial charge >= 0.3 is 6.03 Å². The molecule has 0 aliphatic carbocycles. The molecule has 1 aliphatic heterocycles. The van der Waals surface area contributed by atoms with Crippen LogP contribution in [0.25, 0.3) is 17.4 Å². The fraction of sp³-hybridized carbons (Fsp3) is 0.0476. The van der Waals surface area contributed by atoms with Crippen LogP contribution in [-0.2, 0) is 11.3 Å². The van der Waals surface area contributed by atoms with Gasteiger partial charge in [-0.3, -0.25) is 19.8 Å². The Bertz CT molecular complexity index is 1180. The number of halogens is 1. The van der Waals surface area contributed by atoms with Gasteiger partial charge < -0.3 is 9.73 Å². The van der Waals surface area contributed by atoms with Crippen molar-refractivity contribution in [1.29, 1.82) is 0 Å². The van der Waals surface area contributed by atoms with E-state index >= 15 is 0 Å². The Balaban J connectivity index is 1.53. The SMILES string of the molecule is O=C1N/C(=C/c2ccc(-c3cccc([N+](=O)[O-])c3)o2)C(=O)N1Cc1ccc(F)cc1. The Labute approximate surface area is 169 Å². The fourth-order valence-corrected chi connectivity index (χ4v) is 2.99. The average Bonchev–Trinajstić information content (AvgIpc) is 3.30. The minimum absolute atomic E-state index is 0.000621. The fourth-order valence-electron chi connectivity index (χ4n) is 2.99. The summed E-state index contributed by atoms with van der Waals surface area (Å²) in [4.78, 5) is 36.2. The first-order chi connectivity index (χ1) is 14.4. The number of nitrogens with zero attached hydrogens (tertiary/aromatic N) is 2. The van der Waals surface area contributed by atoms with Gasteiger partial charge in [-0.05, 0) is 29.8 Å². The van der Waals surface area contributed by atoms with Gasteiger partial charge in [0, 0.05) is 23.8 Å². The molecule has 1 N–H and O–H groups in total. The summed E-state index contributed by atoms with van der Waals surface area (Å²) >= 11 is 0. The third-order valence-corrected chi connectivity index (χ3v) is 4.47. The number of nitro benzene ring substituents is 1. The molecule has 9 heteroatoms. The highest BCUT2D eigenvalue weighted by Gasteiger charge is 2.33. The van der Waals surface area contributed by atoms with E-state index in [9.17, 15) is 24.1 Å². The summed E-state index contributed by atoms with van der Waals surface area (Å²) < 4.78 is 18.7. The lowest BCUT2D eigenvalue weighted by atomic mass is 10.1. The van der Waals surface area contributed by atoms with Crippen molar-refractivity contribution in [3.05, 3.63) is 93.6 Å². The largest absolute Gasteiger partial charge is 0.457 e. The van der Waals surface area contributed by atoms with Crippen LogP contribution in [-0.4, -0.2) is 21.8 Å². The van der Waals surface area contributed by atoms with Crippen LogP contribution >= 0.6 is 0 Å². The minimum Gasteiger partial charge on any atom is -0.457 e. The van der Waals surface area contributed by atoms with Crippen molar-refractivity contribution in [3.8, 4) is 11.3 Å². The van der Waals surface area contributed by atoms with Crippen molar-refractivity contribution in [2.75, 3.05) is 0 Å². The summed E-state index contributed by atoms with van der Waals surface area (Å²) in [7, 11) is 0. The highest BCUT2D eigenvalue weighted by molar-refractivity contribution is 6.13. The lowest BCUT2D eigenvalue weighted by Crippen LogP contribution is -2.30. The lowest BCUT2D eigenvalue weighted by Gasteiger charge is -2.11. The van der Waals surface area contributed by atoms with Crippen LogP contribution < -0.4 is 5.32 Å². The second kappa shape index (κ2) is 7.63. The van der Waals surface area contributed by atoms with E-state index in [1.165, 1.54) is 42.5 Å². The maximum absolute atomic E-state index is 13.0. The molecule has 2 aromatic carbocycles. The first kappa shape index (κ1) is 19.1. The maximum Gasteiger partial charge on any atom is 0.329 e. The van der Waals surface area contributed by atoms with Crippen molar-refractivity contribution in [2.45, 2.75) is 6.54 Å². The zero-order chi connectivity index (χ0) is 21.3.